The van der Waals surface area contributed by atoms with Crippen molar-refractivity contribution in [2.75, 3.05) is 19.6 Å². The second kappa shape index (κ2) is 7.10. The number of likely N-dealkylation sites (tertiary alicyclic amines) is 2. The Balaban J connectivity index is 1.36. The van der Waals surface area contributed by atoms with Crippen LogP contribution in [0.2, 0.25) is 0 Å². The summed E-state index contributed by atoms with van der Waals surface area (Å²) in [5, 5.41) is 8.93. The first-order valence-electron chi connectivity index (χ1n) is 9.85. The van der Waals surface area contributed by atoms with Crippen molar-refractivity contribution in [1.29, 1.82) is 0 Å². The molecule has 0 aromatic carbocycles. The number of thiophene rings is 2. The molecule has 5 heteroatoms. The normalized spacial score (nSPS) is 29.5. The standard InChI is InChI=1S/C21H26N2OS2/c24-21(16-2-1-3-16)23-12-18(17-6-9-26-14-17)19-11-22(7-4-20(19)23)10-15-5-8-25-13-15/h5-6,8-9,13-14,16,18-20H,1-4,7,10-12H2/t18-,19-,20-/m1/s1. The molecule has 0 spiro atoms. The van der Waals surface area contributed by atoms with Crippen molar-refractivity contribution < 1.29 is 4.79 Å². The number of rotatable bonds is 4. The number of hydrogen-bond donors (Lipinski definition) is 0. The van der Waals surface area contributed by atoms with Gasteiger partial charge in [0.25, 0.3) is 0 Å². The van der Waals surface area contributed by atoms with Crippen LogP contribution in [0.4, 0.5) is 0 Å². The van der Waals surface area contributed by atoms with Crippen molar-refractivity contribution in [3.8, 4) is 0 Å². The molecule has 3 aliphatic rings. The van der Waals surface area contributed by atoms with Crippen LogP contribution in [0.15, 0.2) is 33.7 Å². The molecule has 3 fully saturated rings. The number of piperidine rings is 1. The zero-order chi connectivity index (χ0) is 17.5. The molecule has 2 aromatic heterocycles. The Morgan fingerprint density at radius 1 is 1.08 bits per heavy atom. The van der Waals surface area contributed by atoms with E-state index in [9.17, 15) is 4.79 Å². The first-order chi connectivity index (χ1) is 12.8. The largest absolute Gasteiger partial charge is 0.338 e. The summed E-state index contributed by atoms with van der Waals surface area (Å²) < 4.78 is 0. The molecule has 26 heavy (non-hydrogen) atoms. The van der Waals surface area contributed by atoms with Crippen LogP contribution in [0.1, 0.15) is 42.7 Å². The van der Waals surface area contributed by atoms with Crippen LogP contribution in [-0.2, 0) is 11.3 Å². The lowest BCUT2D eigenvalue weighted by Gasteiger charge is -2.40. The SMILES string of the molecule is O=C(C1CCC1)N1C[C@H](c2ccsc2)[C@H]2CN(Cc3ccsc3)CC[C@H]21. The zero-order valence-electron chi connectivity index (χ0n) is 15.0. The van der Waals surface area contributed by atoms with Gasteiger partial charge in [0.15, 0.2) is 0 Å². The number of hydrogen-bond acceptors (Lipinski definition) is 4. The molecule has 0 unspecified atom stereocenters. The Morgan fingerprint density at radius 2 is 1.92 bits per heavy atom. The second-order valence-electron chi connectivity index (χ2n) is 8.17. The van der Waals surface area contributed by atoms with Gasteiger partial charge in [-0.3, -0.25) is 9.69 Å². The predicted molar refractivity (Wildman–Crippen MR) is 108 cm³/mol. The minimum Gasteiger partial charge on any atom is -0.338 e. The molecule has 2 aliphatic heterocycles. The third kappa shape index (κ3) is 3.04. The lowest BCUT2D eigenvalue weighted by molar-refractivity contribution is -0.140. The van der Waals surface area contributed by atoms with E-state index in [-0.39, 0.29) is 0 Å². The van der Waals surface area contributed by atoms with Crippen molar-refractivity contribution in [2.45, 2.75) is 44.2 Å². The van der Waals surface area contributed by atoms with E-state index in [0.717, 1.165) is 45.4 Å². The van der Waals surface area contributed by atoms with Crippen molar-refractivity contribution >= 4 is 28.6 Å². The molecule has 2 aromatic rings. The quantitative estimate of drug-likeness (QED) is 0.776. The topological polar surface area (TPSA) is 23.6 Å². The van der Waals surface area contributed by atoms with Gasteiger partial charge in [0, 0.05) is 50.0 Å². The van der Waals surface area contributed by atoms with Gasteiger partial charge in [0.2, 0.25) is 5.91 Å². The lowest BCUT2D eigenvalue weighted by atomic mass is 9.82. The molecule has 1 aliphatic carbocycles. The number of carbonyl (C=O) groups is 1. The zero-order valence-corrected chi connectivity index (χ0v) is 16.7. The highest BCUT2D eigenvalue weighted by Gasteiger charge is 2.48. The van der Waals surface area contributed by atoms with E-state index in [1.807, 2.05) is 0 Å². The minimum atomic E-state index is 0.320. The van der Waals surface area contributed by atoms with Gasteiger partial charge in [-0.1, -0.05) is 6.42 Å². The summed E-state index contributed by atoms with van der Waals surface area (Å²) in [4.78, 5) is 18.0. The number of fused-ring (bicyclic) bond motifs is 1. The van der Waals surface area contributed by atoms with E-state index in [4.69, 9.17) is 0 Å². The smallest absolute Gasteiger partial charge is 0.225 e. The number of nitrogens with zero attached hydrogens (tertiary/aromatic N) is 2. The third-order valence-corrected chi connectivity index (χ3v) is 8.14. The Bertz CT molecular complexity index is 738. The molecular formula is C21H26N2OS2. The molecule has 3 nitrogen and oxygen atoms in total. The van der Waals surface area contributed by atoms with Gasteiger partial charge in [0.05, 0.1) is 0 Å². The van der Waals surface area contributed by atoms with Gasteiger partial charge < -0.3 is 4.90 Å². The van der Waals surface area contributed by atoms with Crippen LogP contribution in [0.3, 0.4) is 0 Å². The fraction of sp³-hybridized carbons (Fsp3) is 0.571. The van der Waals surface area contributed by atoms with Crippen LogP contribution in [-0.4, -0.2) is 41.4 Å². The summed E-state index contributed by atoms with van der Waals surface area (Å²) in [6.45, 7) is 4.23. The monoisotopic (exact) mass is 386 g/mol. The Labute approximate surface area is 163 Å². The molecule has 4 heterocycles. The summed E-state index contributed by atoms with van der Waals surface area (Å²) in [5.74, 6) is 1.87. The van der Waals surface area contributed by atoms with E-state index in [0.29, 0.717) is 29.7 Å². The fourth-order valence-corrected chi connectivity index (χ4v) is 6.46. The molecule has 2 saturated heterocycles. The highest BCUT2D eigenvalue weighted by atomic mass is 32.1. The first kappa shape index (κ1) is 17.0. The lowest BCUT2D eigenvalue weighted by Crippen LogP contribution is -2.49. The van der Waals surface area contributed by atoms with Crippen LogP contribution in [0.25, 0.3) is 0 Å². The maximum atomic E-state index is 13.1. The Morgan fingerprint density at radius 3 is 2.62 bits per heavy atom. The third-order valence-electron chi connectivity index (χ3n) is 6.71. The molecule has 0 radical (unpaired) electrons. The fourth-order valence-electron chi connectivity index (χ4n) is 5.07. The molecule has 5 rings (SSSR count). The van der Waals surface area contributed by atoms with Crippen molar-refractivity contribution in [2.24, 2.45) is 11.8 Å². The maximum absolute atomic E-state index is 13.1. The number of carbonyl (C=O) groups excluding carboxylic acids is 1. The summed E-state index contributed by atoms with van der Waals surface area (Å²) in [7, 11) is 0. The highest BCUT2D eigenvalue weighted by Crippen LogP contribution is 2.44. The Hall–Kier alpha value is -1.17. The molecule has 1 saturated carbocycles. The minimum absolute atomic E-state index is 0.320. The van der Waals surface area contributed by atoms with Gasteiger partial charge in [-0.2, -0.15) is 22.7 Å². The van der Waals surface area contributed by atoms with Crippen LogP contribution in [0, 0.1) is 11.8 Å². The van der Waals surface area contributed by atoms with Crippen molar-refractivity contribution in [1.82, 2.24) is 9.80 Å². The summed E-state index contributed by atoms with van der Waals surface area (Å²) in [6, 6.07) is 4.97. The van der Waals surface area contributed by atoms with Gasteiger partial charge in [-0.15, -0.1) is 0 Å². The maximum Gasteiger partial charge on any atom is 0.225 e. The molecule has 0 N–H and O–H groups in total. The van der Waals surface area contributed by atoms with Crippen LogP contribution in [0.5, 0.6) is 0 Å². The second-order valence-corrected chi connectivity index (χ2v) is 9.73. The van der Waals surface area contributed by atoms with Crippen molar-refractivity contribution in [3.63, 3.8) is 0 Å². The van der Waals surface area contributed by atoms with Gasteiger partial charge in [-0.25, -0.2) is 0 Å². The van der Waals surface area contributed by atoms with Crippen molar-refractivity contribution in [3.05, 3.63) is 44.8 Å². The molecular weight excluding hydrogens is 360 g/mol. The van der Waals surface area contributed by atoms with Crippen LogP contribution < -0.4 is 0 Å². The highest BCUT2D eigenvalue weighted by molar-refractivity contribution is 7.08. The average Bonchev–Trinajstić information content (AvgIpc) is 3.33. The molecule has 1 amide bonds. The van der Waals surface area contributed by atoms with Crippen LogP contribution >= 0.6 is 22.7 Å². The van der Waals surface area contributed by atoms with E-state index < -0.39 is 0 Å². The average molecular weight is 387 g/mol. The van der Waals surface area contributed by atoms with E-state index >= 15 is 0 Å². The summed E-state index contributed by atoms with van der Waals surface area (Å²) in [6.07, 6.45) is 4.59. The molecule has 0 bridgehead atoms. The summed E-state index contributed by atoms with van der Waals surface area (Å²) >= 11 is 3.57. The predicted octanol–water partition coefficient (Wildman–Crippen LogP) is 4.43. The van der Waals surface area contributed by atoms with E-state index in [1.165, 1.54) is 17.5 Å². The van der Waals surface area contributed by atoms with Gasteiger partial charge in [0.1, 0.15) is 0 Å². The number of amides is 1. The first-order valence-corrected chi connectivity index (χ1v) is 11.7. The van der Waals surface area contributed by atoms with E-state index in [2.05, 4.69) is 43.5 Å². The van der Waals surface area contributed by atoms with E-state index in [1.54, 1.807) is 22.7 Å². The van der Waals surface area contributed by atoms with Gasteiger partial charge in [-0.05, 0) is 64.0 Å². The Kier molecular flexibility index (Phi) is 4.63. The summed E-state index contributed by atoms with van der Waals surface area (Å²) in [5.41, 5.74) is 2.88. The molecule has 3 atom stereocenters. The molecule has 138 valence electrons. The van der Waals surface area contributed by atoms with Gasteiger partial charge >= 0.3 is 0 Å².